The van der Waals surface area contributed by atoms with Crippen molar-refractivity contribution >= 4 is 0 Å². The lowest BCUT2D eigenvalue weighted by Crippen LogP contribution is -2.09. The molecule has 1 aromatic carbocycles. The lowest BCUT2D eigenvalue weighted by Gasteiger charge is -2.18. The van der Waals surface area contributed by atoms with Crippen LogP contribution in [0.25, 0.3) is 0 Å². The van der Waals surface area contributed by atoms with E-state index < -0.39 is 0 Å². The van der Waals surface area contributed by atoms with Crippen molar-refractivity contribution in [1.82, 2.24) is 4.57 Å². The summed E-state index contributed by atoms with van der Waals surface area (Å²) in [5.74, 6) is 0. The molecule has 0 saturated carbocycles. The van der Waals surface area contributed by atoms with Gasteiger partial charge in [0.25, 0.3) is 0 Å². The van der Waals surface area contributed by atoms with E-state index in [1.807, 2.05) is 0 Å². The Kier molecular flexibility index (Phi) is 3.68. The van der Waals surface area contributed by atoms with Crippen LogP contribution >= 0.6 is 0 Å². The van der Waals surface area contributed by atoms with Gasteiger partial charge in [-0.2, -0.15) is 0 Å². The number of benzene rings is 1. The molecule has 1 aromatic heterocycles. The maximum Gasteiger partial charge on any atom is 0.0310 e. The third-order valence-corrected chi connectivity index (χ3v) is 3.46. The predicted molar refractivity (Wildman–Crippen MR) is 73.4 cm³/mol. The molecule has 0 N–H and O–H groups in total. The molecule has 1 heterocycles. The van der Waals surface area contributed by atoms with Crippen molar-refractivity contribution in [2.24, 2.45) is 0 Å². The Morgan fingerprint density at radius 1 is 0.941 bits per heavy atom. The predicted octanol–water partition coefficient (Wildman–Crippen LogP) is 4.30. The van der Waals surface area contributed by atoms with Crippen LogP contribution in [0.4, 0.5) is 0 Å². The van der Waals surface area contributed by atoms with Gasteiger partial charge >= 0.3 is 0 Å². The molecule has 0 spiro atoms. The lowest BCUT2D eigenvalue weighted by molar-refractivity contribution is 0.490. The first-order chi connectivity index (χ1) is 8.18. The van der Waals surface area contributed by atoms with Crippen molar-refractivity contribution in [1.29, 1.82) is 0 Å². The number of aryl methyl sites for hydroxylation is 3. The zero-order valence-electron chi connectivity index (χ0n) is 11.0. The van der Waals surface area contributed by atoms with Gasteiger partial charge in [0.05, 0.1) is 0 Å². The summed E-state index contributed by atoms with van der Waals surface area (Å²) in [5.41, 5.74) is 4.16. The minimum atomic E-state index is 0.574. The summed E-state index contributed by atoms with van der Waals surface area (Å²) in [4.78, 5) is 0. The standard InChI is InChI=1S/C16H21N/c1-13-9-10-14(2)17(13)15(3)11-12-16-7-5-4-6-8-16/h4-10,15H,11-12H2,1-3H3. The van der Waals surface area contributed by atoms with E-state index in [4.69, 9.17) is 0 Å². The first-order valence-corrected chi connectivity index (χ1v) is 6.37. The molecule has 17 heavy (non-hydrogen) atoms. The first kappa shape index (κ1) is 12.0. The number of aromatic nitrogens is 1. The zero-order valence-corrected chi connectivity index (χ0v) is 11.0. The van der Waals surface area contributed by atoms with Crippen LogP contribution in [0.5, 0.6) is 0 Å². The molecule has 2 aromatic rings. The highest BCUT2D eigenvalue weighted by atomic mass is 15.0. The van der Waals surface area contributed by atoms with E-state index in [2.05, 4.69) is 67.8 Å². The van der Waals surface area contributed by atoms with E-state index in [1.165, 1.54) is 23.4 Å². The van der Waals surface area contributed by atoms with E-state index in [0.29, 0.717) is 6.04 Å². The van der Waals surface area contributed by atoms with E-state index in [-0.39, 0.29) is 0 Å². The maximum atomic E-state index is 2.43. The molecule has 1 nitrogen and oxygen atoms in total. The fourth-order valence-electron chi connectivity index (χ4n) is 2.52. The molecule has 1 heteroatoms. The third kappa shape index (κ3) is 2.79. The topological polar surface area (TPSA) is 4.93 Å². The fourth-order valence-corrected chi connectivity index (χ4v) is 2.52. The van der Waals surface area contributed by atoms with Crippen LogP contribution in [0.2, 0.25) is 0 Å². The molecule has 2 rings (SSSR count). The average Bonchev–Trinajstić information content (AvgIpc) is 2.67. The Labute approximate surface area is 104 Å². The second kappa shape index (κ2) is 5.22. The van der Waals surface area contributed by atoms with E-state index in [0.717, 1.165) is 6.42 Å². The molecule has 0 saturated heterocycles. The molecule has 0 aliphatic carbocycles. The molecule has 0 aliphatic rings. The highest BCUT2D eigenvalue weighted by molar-refractivity contribution is 5.17. The van der Waals surface area contributed by atoms with Crippen LogP contribution in [-0.2, 0) is 6.42 Å². The van der Waals surface area contributed by atoms with Crippen LogP contribution in [0, 0.1) is 13.8 Å². The second-order valence-electron chi connectivity index (χ2n) is 4.86. The highest BCUT2D eigenvalue weighted by Crippen LogP contribution is 2.20. The summed E-state index contributed by atoms with van der Waals surface area (Å²) in [7, 11) is 0. The molecule has 0 radical (unpaired) electrons. The van der Waals surface area contributed by atoms with Crippen LogP contribution in [0.15, 0.2) is 42.5 Å². The molecule has 1 atom stereocenters. The van der Waals surface area contributed by atoms with Gasteiger partial charge in [0.2, 0.25) is 0 Å². The summed E-state index contributed by atoms with van der Waals surface area (Å²) < 4.78 is 2.43. The fraction of sp³-hybridized carbons (Fsp3) is 0.375. The molecule has 0 aliphatic heterocycles. The van der Waals surface area contributed by atoms with Gasteiger partial charge in [0, 0.05) is 17.4 Å². The third-order valence-electron chi connectivity index (χ3n) is 3.46. The average molecular weight is 227 g/mol. The summed E-state index contributed by atoms with van der Waals surface area (Å²) in [5, 5.41) is 0. The maximum absolute atomic E-state index is 2.43. The van der Waals surface area contributed by atoms with Gasteiger partial charge in [-0.3, -0.25) is 0 Å². The quantitative estimate of drug-likeness (QED) is 0.734. The van der Waals surface area contributed by atoms with E-state index in [1.54, 1.807) is 0 Å². The van der Waals surface area contributed by atoms with Crippen LogP contribution in [-0.4, -0.2) is 4.57 Å². The van der Waals surface area contributed by atoms with E-state index in [9.17, 15) is 0 Å². The summed E-state index contributed by atoms with van der Waals surface area (Å²) in [6.45, 7) is 6.68. The van der Waals surface area contributed by atoms with Gasteiger partial charge in [-0.15, -0.1) is 0 Å². The Morgan fingerprint density at radius 3 is 2.12 bits per heavy atom. The molecular formula is C16H21N. The normalized spacial score (nSPS) is 12.6. The smallest absolute Gasteiger partial charge is 0.0310 e. The van der Waals surface area contributed by atoms with Crippen molar-refractivity contribution < 1.29 is 0 Å². The zero-order chi connectivity index (χ0) is 12.3. The Balaban J connectivity index is 2.01. The minimum Gasteiger partial charge on any atom is -0.346 e. The lowest BCUT2D eigenvalue weighted by atomic mass is 10.1. The number of hydrogen-bond donors (Lipinski definition) is 0. The van der Waals surface area contributed by atoms with Gasteiger partial charge in [0.15, 0.2) is 0 Å². The largest absolute Gasteiger partial charge is 0.346 e. The molecule has 1 unspecified atom stereocenters. The number of hydrogen-bond acceptors (Lipinski definition) is 0. The Morgan fingerprint density at radius 2 is 1.53 bits per heavy atom. The monoisotopic (exact) mass is 227 g/mol. The van der Waals surface area contributed by atoms with Crippen LogP contribution in [0.1, 0.15) is 36.3 Å². The summed E-state index contributed by atoms with van der Waals surface area (Å²) >= 11 is 0. The summed E-state index contributed by atoms with van der Waals surface area (Å²) in [6, 6.07) is 15.7. The molecule has 0 amide bonds. The van der Waals surface area contributed by atoms with Crippen LogP contribution in [0.3, 0.4) is 0 Å². The summed E-state index contributed by atoms with van der Waals surface area (Å²) in [6.07, 6.45) is 2.35. The highest BCUT2D eigenvalue weighted by Gasteiger charge is 2.09. The van der Waals surface area contributed by atoms with Gasteiger partial charge in [0.1, 0.15) is 0 Å². The van der Waals surface area contributed by atoms with Crippen LogP contribution < -0.4 is 0 Å². The van der Waals surface area contributed by atoms with Gasteiger partial charge in [-0.25, -0.2) is 0 Å². The van der Waals surface area contributed by atoms with E-state index >= 15 is 0 Å². The van der Waals surface area contributed by atoms with Crippen molar-refractivity contribution in [3.8, 4) is 0 Å². The van der Waals surface area contributed by atoms with Crippen molar-refractivity contribution in [3.63, 3.8) is 0 Å². The Bertz CT molecular complexity index is 448. The molecule has 90 valence electrons. The van der Waals surface area contributed by atoms with Crippen molar-refractivity contribution in [3.05, 3.63) is 59.4 Å². The van der Waals surface area contributed by atoms with Gasteiger partial charge in [-0.05, 0) is 51.3 Å². The molecule has 0 bridgehead atoms. The van der Waals surface area contributed by atoms with Crippen molar-refractivity contribution in [2.45, 2.75) is 39.7 Å². The minimum absolute atomic E-state index is 0.574. The van der Waals surface area contributed by atoms with Gasteiger partial charge < -0.3 is 4.57 Å². The van der Waals surface area contributed by atoms with Crippen molar-refractivity contribution in [2.75, 3.05) is 0 Å². The number of nitrogens with zero attached hydrogens (tertiary/aromatic N) is 1. The first-order valence-electron chi connectivity index (χ1n) is 6.37. The molecule has 0 fully saturated rings. The number of rotatable bonds is 4. The Hall–Kier alpha value is -1.50. The second-order valence-corrected chi connectivity index (χ2v) is 4.86. The van der Waals surface area contributed by atoms with Gasteiger partial charge in [-0.1, -0.05) is 30.3 Å². The SMILES string of the molecule is Cc1ccc(C)n1C(C)CCc1ccccc1. The molecular weight excluding hydrogens is 206 g/mol.